The maximum atomic E-state index is 12.3. The summed E-state index contributed by atoms with van der Waals surface area (Å²) < 4.78 is 10.7. The second kappa shape index (κ2) is 57.4. The number of carbonyl (C=O) groups is 2. The van der Waals surface area contributed by atoms with E-state index in [1.54, 1.807) is 0 Å². The van der Waals surface area contributed by atoms with Gasteiger partial charge in [-0.15, -0.1) is 0 Å². The lowest BCUT2D eigenvalue weighted by Crippen LogP contribution is -2.28. The Bertz CT molecular complexity index is 1240. The van der Waals surface area contributed by atoms with Crippen LogP contribution < -0.4 is 0 Å². The summed E-state index contributed by atoms with van der Waals surface area (Å²) in [6, 6.07) is 0. The summed E-state index contributed by atoms with van der Waals surface area (Å²) >= 11 is 0. The standard InChI is InChI=1S/C62H108O5/c1-3-5-7-9-11-13-15-17-19-21-22-23-24-25-26-27-28-29-30-31-32-33-34-35-36-37-38-39-40-41-43-45-47-49-51-53-55-57-62(65)67-60(58-63)59-66-61(64)56-54-52-50-48-46-44-42-20-18-16-14-12-10-8-6-4-2/h5,7,11,13,17,19-20,22-23,25-26,28-29,42,60,63H,3-4,6,8-10,12,14-16,18,21,24,27,30-41,43-59H2,1-2H3/b7-5-,13-11-,19-17-,23-22-,26-25-,29-28-,42-20-. The lowest BCUT2D eigenvalue weighted by atomic mass is 10.0. The number of ether oxygens (including phenoxy) is 2. The van der Waals surface area contributed by atoms with E-state index in [0.29, 0.717) is 12.8 Å². The molecule has 0 saturated heterocycles. The number of unbranched alkanes of at least 4 members (excludes halogenated alkanes) is 30. The van der Waals surface area contributed by atoms with Gasteiger partial charge in [0.15, 0.2) is 6.10 Å². The van der Waals surface area contributed by atoms with Crippen molar-refractivity contribution < 1.29 is 24.2 Å². The van der Waals surface area contributed by atoms with Crippen LogP contribution in [0.1, 0.15) is 277 Å². The lowest BCUT2D eigenvalue weighted by molar-refractivity contribution is -0.161. The zero-order valence-electron chi connectivity index (χ0n) is 44.1. The van der Waals surface area contributed by atoms with Crippen LogP contribution in [0.5, 0.6) is 0 Å². The Morgan fingerprint density at radius 1 is 0.358 bits per heavy atom. The van der Waals surface area contributed by atoms with E-state index in [9.17, 15) is 14.7 Å². The summed E-state index contributed by atoms with van der Waals surface area (Å²) in [7, 11) is 0. The number of aliphatic hydroxyl groups is 1. The zero-order chi connectivity index (χ0) is 48.5. The van der Waals surface area contributed by atoms with Crippen LogP contribution in [0.3, 0.4) is 0 Å². The number of aliphatic hydroxyl groups excluding tert-OH is 1. The first-order chi connectivity index (χ1) is 33.1. The van der Waals surface area contributed by atoms with Crippen LogP contribution in [0.15, 0.2) is 85.1 Å². The van der Waals surface area contributed by atoms with Gasteiger partial charge in [0.05, 0.1) is 6.61 Å². The van der Waals surface area contributed by atoms with Gasteiger partial charge in [-0.1, -0.05) is 259 Å². The molecule has 0 aromatic rings. The summed E-state index contributed by atoms with van der Waals surface area (Å²) in [5, 5.41) is 9.64. The molecule has 5 nitrogen and oxygen atoms in total. The van der Waals surface area contributed by atoms with Gasteiger partial charge in [0, 0.05) is 12.8 Å². The molecule has 0 spiro atoms. The summed E-state index contributed by atoms with van der Waals surface area (Å²) in [5.41, 5.74) is 0. The Morgan fingerprint density at radius 2 is 0.642 bits per heavy atom. The highest BCUT2D eigenvalue weighted by atomic mass is 16.6. The summed E-state index contributed by atoms with van der Waals surface area (Å²) in [4.78, 5) is 24.5. The fourth-order valence-corrected chi connectivity index (χ4v) is 8.14. The van der Waals surface area contributed by atoms with E-state index in [1.807, 2.05) is 0 Å². The monoisotopic (exact) mass is 933 g/mol. The molecule has 0 aromatic carbocycles. The van der Waals surface area contributed by atoms with Gasteiger partial charge >= 0.3 is 11.9 Å². The highest BCUT2D eigenvalue weighted by molar-refractivity contribution is 5.70. The van der Waals surface area contributed by atoms with Crippen LogP contribution in [0, 0.1) is 0 Å². The minimum atomic E-state index is -0.777. The minimum absolute atomic E-state index is 0.0694. The Balaban J connectivity index is 3.46. The number of carbonyl (C=O) groups excluding carboxylic acids is 2. The molecule has 0 amide bonds. The molecule has 386 valence electrons. The van der Waals surface area contributed by atoms with Gasteiger partial charge in [-0.25, -0.2) is 0 Å². The van der Waals surface area contributed by atoms with Gasteiger partial charge in [-0.3, -0.25) is 9.59 Å². The summed E-state index contributed by atoms with van der Waals surface area (Å²) in [5.74, 6) is -0.592. The molecule has 1 unspecified atom stereocenters. The molecule has 1 atom stereocenters. The molecule has 5 heteroatoms. The zero-order valence-corrected chi connectivity index (χ0v) is 44.1. The molecule has 0 fully saturated rings. The minimum Gasteiger partial charge on any atom is -0.462 e. The molecular weight excluding hydrogens is 825 g/mol. The molecule has 0 saturated carbocycles. The summed E-state index contributed by atoms with van der Waals surface area (Å²) in [6.07, 6.45) is 79.9. The first-order valence-corrected chi connectivity index (χ1v) is 28.6. The van der Waals surface area contributed by atoms with Crippen molar-refractivity contribution >= 4 is 11.9 Å². The average molecular weight is 934 g/mol. The molecular formula is C62H108O5. The molecule has 0 bridgehead atoms. The third-order valence-electron chi connectivity index (χ3n) is 12.4. The molecule has 0 aliphatic rings. The smallest absolute Gasteiger partial charge is 0.306 e. The van der Waals surface area contributed by atoms with Crippen molar-refractivity contribution in [2.75, 3.05) is 13.2 Å². The van der Waals surface area contributed by atoms with Crippen molar-refractivity contribution in [1.82, 2.24) is 0 Å². The van der Waals surface area contributed by atoms with Crippen molar-refractivity contribution in [3.63, 3.8) is 0 Å². The van der Waals surface area contributed by atoms with Gasteiger partial charge in [0.2, 0.25) is 0 Å². The number of esters is 2. The average Bonchev–Trinajstić information content (AvgIpc) is 3.33. The second-order valence-corrected chi connectivity index (χ2v) is 19.0. The maximum Gasteiger partial charge on any atom is 0.306 e. The Kier molecular flexibility index (Phi) is 54.9. The molecule has 0 rings (SSSR count). The molecule has 0 aliphatic carbocycles. The van der Waals surface area contributed by atoms with Gasteiger partial charge in [0.25, 0.3) is 0 Å². The van der Waals surface area contributed by atoms with E-state index in [2.05, 4.69) is 98.9 Å². The van der Waals surface area contributed by atoms with Crippen molar-refractivity contribution in [3.8, 4) is 0 Å². The van der Waals surface area contributed by atoms with Crippen LogP contribution in [0.2, 0.25) is 0 Å². The van der Waals surface area contributed by atoms with Crippen molar-refractivity contribution in [3.05, 3.63) is 85.1 Å². The van der Waals surface area contributed by atoms with Crippen molar-refractivity contribution in [1.29, 1.82) is 0 Å². The fourth-order valence-electron chi connectivity index (χ4n) is 8.14. The van der Waals surface area contributed by atoms with E-state index in [4.69, 9.17) is 9.47 Å². The van der Waals surface area contributed by atoms with E-state index in [-0.39, 0.29) is 25.2 Å². The van der Waals surface area contributed by atoms with E-state index in [1.165, 1.54) is 167 Å². The molecule has 67 heavy (non-hydrogen) atoms. The lowest BCUT2D eigenvalue weighted by Gasteiger charge is -2.15. The molecule has 0 aliphatic heterocycles. The molecule has 0 aromatic heterocycles. The van der Waals surface area contributed by atoms with E-state index >= 15 is 0 Å². The predicted octanol–water partition coefficient (Wildman–Crippen LogP) is 19.4. The Morgan fingerprint density at radius 3 is 0.985 bits per heavy atom. The third-order valence-corrected chi connectivity index (χ3v) is 12.4. The largest absolute Gasteiger partial charge is 0.462 e. The third kappa shape index (κ3) is 55.6. The number of hydrogen-bond donors (Lipinski definition) is 1. The van der Waals surface area contributed by atoms with Crippen LogP contribution in [0.4, 0.5) is 0 Å². The van der Waals surface area contributed by atoms with Crippen LogP contribution in [0.25, 0.3) is 0 Å². The van der Waals surface area contributed by atoms with Crippen LogP contribution in [-0.2, 0) is 19.1 Å². The molecule has 1 N–H and O–H groups in total. The van der Waals surface area contributed by atoms with E-state index in [0.717, 1.165) is 83.5 Å². The first-order valence-electron chi connectivity index (χ1n) is 28.6. The van der Waals surface area contributed by atoms with Gasteiger partial charge < -0.3 is 14.6 Å². The quantitative estimate of drug-likeness (QED) is 0.0374. The Labute approximate surface area is 416 Å². The van der Waals surface area contributed by atoms with Crippen LogP contribution >= 0.6 is 0 Å². The predicted molar refractivity (Wildman–Crippen MR) is 293 cm³/mol. The topological polar surface area (TPSA) is 72.8 Å². The number of rotatable bonds is 52. The summed E-state index contributed by atoms with van der Waals surface area (Å²) in [6.45, 7) is 4.03. The van der Waals surface area contributed by atoms with E-state index < -0.39 is 6.10 Å². The highest BCUT2D eigenvalue weighted by Gasteiger charge is 2.16. The molecule has 0 heterocycles. The van der Waals surface area contributed by atoms with Gasteiger partial charge in [-0.05, 0) is 89.9 Å². The van der Waals surface area contributed by atoms with Gasteiger partial charge in [-0.2, -0.15) is 0 Å². The second-order valence-electron chi connectivity index (χ2n) is 19.0. The SMILES string of the molecule is CC/C=C\C/C=C\C/C=C\C/C=C\C/C=C\C/C=C\CCCCCCCCCCCCCCCCCCCCC(=O)OC(CO)COC(=O)CCCCCCC/C=C\CCCCCCCCC. The number of hydrogen-bond acceptors (Lipinski definition) is 5. The van der Waals surface area contributed by atoms with Crippen molar-refractivity contribution in [2.45, 2.75) is 283 Å². The van der Waals surface area contributed by atoms with Gasteiger partial charge in [0.1, 0.15) is 6.61 Å². The maximum absolute atomic E-state index is 12.3. The normalized spacial score (nSPS) is 12.8. The fraction of sp³-hybridized carbons (Fsp3) is 0.742. The van der Waals surface area contributed by atoms with Crippen LogP contribution in [-0.4, -0.2) is 36.4 Å². The molecule has 0 radical (unpaired) electrons. The Hall–Kier alpha value is -2.92. The number of allylic oxidation sites excluding steroid dienone is 14. The van der Waals surface area contributed by atoms with Crippen molar-refractivity contribution in [2.24, 2.45) is 0 Å². The highest BCUT2D eigenvalue weighted by Crippen LogP contribution is 2.16. The first kappa shape index (κ1) is 64.1.